The van der Waals surface area contributed by atoms with Crippen molar-refractivity contribution in [3.63, 3.8) is 0 Å². The van der Waals surface area contributed by atoms with Crippen LogP contribution in [0, 0.1) is 0 Å². The van der Waals surface area contributed by atoms with E-state index in [4.69, 9.17) is 16.7 Å². The quantitative estimate of drug-likeness (QED) is 0.889. The highest BCUT2D eigenvalue weighted by molar-refractivity contribution is 9.10. The van der Waals surface area contributed by atoms with Gasteiger partial charge in [-0.05, 0) is 45.8 Å². The molecule has 0 aliphatic carbocycles. The zero-order valence-electron chi connectivity index (χ0n) is 10.0. The minimum absolute atomic E-state index is 0.0510. The zero-order valence-corrected chi connectivity index (χ0v) is 13.2. The molecular weight excluding hydrogens is 366 g/mol. The van der Waals surface area contributed by atoms with Crippen molar-refractivity contribution >= 4 is 44.3 Å². The normalized spacial score (nSPS) is 12.1. The Morgan fingerprint density at radius 1 is 1.35 bits per heavy atom. The first-order chi connectivity index (χ1) is 9.47. The van der Waals surface area contributed by atoms with Crippen molar-refractivity contribution in [2.45, 2.75) is 10.6 Å². The van der Waals surface area contributed by atoms with Gasteiger partial charge < -0.3 is 5.11 Å². The SMILES string of the molecule is O=C(O)c1cc(S(=O)Cc2cncc(Br)c2)ccc1Cl. The lowest BCUT2D eigenvalue weighted by molar-refractivity contribution is 0.0697. The van der Waals surface area contributed by atoms with Crippen LogP contribution in [0.5, 0.6) is 0 Å². The Morgan fingerprint density at radius 2 is 2.10 bits per heavy atom. The number of aromatic nitrogens is 1. The van der Waals surface area contributed by atoms with Crippen LogP contribution in [0.25, 0.3) is 0 Å². The lowest BCUT2D eigenvalue weighted by atomic mass is 10.2. The van der Waals surface area contributed by atoms with Crippen molar-refractivity contribution in [1.82, 2.24) is 4.98 Å². The molecule has 1 N–H and O–H groups in total. The Hall–Kier alpha value is -1.24. The van der Waals surface area contributed by atoms with Gasteiger partial charge in [-0.3, -0.25) is 9.19 Å². The van der Waals surface area contributed by atoms with Crippen LogP contribution in [0.3, 0.4) is 0 Å². The number of halogens is 2. The summed E-state index contributed by atoms with van der Waals surface area (Å²) in [7, 11) is -1.36. The molecule has 7 heteroatoms. The highest BCUT2D eigenvalue weighted by Gasteiger charge is 2.13. The molecule has 104 valence electrons. The molecule has 4 nitrogen and oxygen atoms in total. The molecule has 1 aromatic heterocycles. The fourth-order valence-electron chi connectivity index (χ4n) is 1.58. The van der Waals surface area contributed by atoms with Gasteiger partial charge in [-0.25, -0.2) is 4.79 Å². The van der Waals surface area contributed by atoms with E-state index in [0.717, 1.165) is 10.0 Å². The summed E-state index contributed by atoms with van der Waals surface area (Å²) in [5, 5.41) is 9.13. The molecule has 0 saturated carbocycles. The van der Waals surface area contributed by atoms with Gasteiger partial charge in [-0.1, -0.05) is 11.6 Å². The number of pyridine rings is 1. The van der Waals surface area contributed by atoms with Gasteiger partial charge in [0.2, 0.25) is 0 Å². The number of carbonyl (C=O) groups is 1. The third-order valence-electron chi connectivity index (χ3n) is 2.49. The maximum atomic E-state index is 12.2. The first kappa shape index (κ1) is 15.2. The summed E-state index contributed by atoms with van der Waals surface area (Å²) in [6, 6.07) is 6.17. The molecular formula is C13H9BrClNO3S. The Labute approximate surface area is 131 Å². The minimum atomic E-state index is -1.36. The van der Waals surface area contributed by atoms with Crippen molar-refractivity contribution in [3.05, 3.63) is 57.3 Å². The second kappa shape index (κ2) is 6.47. The largest absolute Gasteiger partial charge is 0.478 e. The second-order valence-corrected chi connectivity index (χ2v) is 6.72. The zero-order chi connectivity index (χ0) is 14.7. The number of aromatic carboxylic acids is 1. The number of carboxylic acids is 1. The first-order valence-corrected chi connectivity index (χ1v) is 7.97. The average Bonchev–Trinajstić information content (AvgIpc) is 2.38. The minimum Gasteiger partial charge on any atom is -0.478 e. The van der Waals surface area contributed by atoms with Crippen LogP contribution in [0.1, 0.15) is 15.9 Å². The van der Waals surface area contributed by atoms with E-state index < -0.39 is 16.8 Å². The van der Waals surface area contributed by atoms with Gasteiger partial charge in [0.15, 0.2) is 0 Å². The van der Waals surface area contributed by atoms with Gasteiger partial charge >= 0.3 is 5.97 Å². The maximum absolute atomic E-state index is 12.2. The van der Waals surface area contributed by atoms with Crippen molar-refractivity contribution in [2.75, 3.05) is 0 Å². The van der Waals surface area contributed by atoms with Crippen molar-refractivity contribution in [3.8, 4) is 0 Å². The Bertz CT molecular complexity index is 693. The monoisotopic (exact) mass is 373 g/mol. The number of rotatable bonds is 4. The molecule has 0 fully saturated rings. The molecule has 1 heterocycles. The van der Waals surface area contributed by atoms with Crippen molar-refractivity contribution in [1.29, 1.82) is 0 Å². The van der Waals surface area contributed by atoms with Crippen LogP contribution in [0.15, 0.2) is 46.0 Å². The van der Waals surface area contributed by atoms with E-state index in [1.165, 1.54) is 12.1 Å². The smallest absolute Gasteiger partial charge is 0.337 e. The van der Waals surface area contributed by atoms with Crippen LogP contribution in [-0.2, 0) is 16.6 Å². The Kier molecular flexibility index (Phi) is 4.91. The van der Waals surface area contributed by atoms with Crippen LogP contribution >= 0.6 is 27.5 Å². The molecule has 0 amide bonds. The number of hydrogen-bond acceptors (Lipinski definition) is 3. The predicted octanol–water partition coefficient (Wildman–Crippen LogP) is 3.50. The molecule has 0 bridgehead atoms. The number of hydrogen-bond donors (Lipinski definition) is 1. The first-order valence-electron chi connectivity index (χ1n) is 5.48. The van der Waals surface area contributed by atoms with E-state index in [2.05, 4.69) is 20.9 Å². The highest BCUT2D eigenvalue weighted by Crippen LogP contribution is 2.21. The predicted molar refractivity (Wildman–Crippen MR) is 80.5 cm³/mol. The molecule has 1 unspecified atom stereocenters. The molecule has 0 aliphatic heterocycles. The number of carboxylic acid groups (broad SMARTS) is 1. The van der Waals surface area contributed by atoms with Gasteiger partial charge in [0, 0.05) is 21.8 Å². The van der Waals surface area contributed by atoms with E-state index in [9.17, 15) is 9.00 Å². The molecule has 1 aromatic carbocycles. The standard InChI is InChI=1S/C13H9BrClNO3S/c14-9-3-8(5-16-6-9)7-20(19)10-1-2-12(15)11(4-10)13(17)18/h1-6H,7H2,(H,17,18). The lowest BCUT2D eigenvalue weighted by Gasteiger charge is -2.05. The molecule has 2 rings (SSSR count). The van der Waals surface area contributed by atoms with E-state index in [0.29, 0.717) is 4.90 Å². The van der Waals surface area contributed by atoms with E-state index in [1.54, 1.807) is 18.5 Å². The van der Waals surface area contributed by atoms with E-state index >= 15 is 0 Å². The van der Waals surface area contributed by atoms with Crippen LogP contribution < -0.4 is 0 Å². The van der Waals surface area contributed by atoms with E-state index in [1.807, 2.05) is 6.07 Å². The van der Waals surface area contributed by atoms with Gasteiger partial charge in [0.1, 0.15) is 0 Å². The van der Waals surface area contributed by atoms with Gasteiger partial charge in [-0.15, -0.1) is 0 Å². The van der Waals surface area contributed by atoms with Crippen molar-refractivity contribution in [2.24, 2.45) is 0 Å². The van der Waals surface area contributed by atoms with Gasteiger partial charge in [0.25, 0.3) is 0 Å². The maximum Gasteiger partial charge on any atom is 0.337 e. The van der Waals surface area contributed by atoms with Gasteiger partial charge in [-0.2, -0.15) is 0 Å². The summed E-state index contributed by atoms with van der Waals surface area (Å²) in [5.41, 5.74) is 0.745. The number of nitrogens with zero attached hydrogens (tertiary/aromatic N) is 1. The highest BCUT2D eigenvalue weighted by atomic mass is 79.9. The van der Waals surface area contributed by atoms with E-state index in [-0.39, 0.29) is 16.3 Å². The molecule has 1 atom stereocenters. The van der Waals surface area contributed by atoms with Crippen molar-refractivity contribution < 1.29 is 14.1 Å². The second-order valence-electron chi connectivity index (χ2n) is 3.95. The Balaban J connectivity index is 2.26. The fraction of sp³-hybridized carbons (Fsp3) is 0.0769. The van der Waals surface area contributed by atoms with Gasteiger partial charge in [0.05, 0.1) is 27.1 Å². The van der Waals surface area contributed by atoms with Crippen LogP contribution in [0.2, 0.25) is 5.02 Å². The fourth-order valence-corrected chi connectivity index (χ4v) is 3.29. The summed E-state index contributed by atoms with van der Waals surface area (Å²) in [4.78, 5) is 15.4. The summed E-state index contributed by atoms with van der Waals surface area (Å²) in [6.07, 6.45) is 3.26. The Morgan fingerprint density at radius 3 is 2.75 bits per heavy atom. The number of benzene rings is 1. The van der Waals surface area contributed by atoms with Crippen LogP contribution in [0.4, 0.5) is 0 Å². The average molecular weight is 375 g/mol. The summed E-state index contributed by atoms with van der Waals surface area (Å²) in [6.45, 7) is 0. The lowest BCUT2D eigenvalue weighted by Crippen LogP contribution is -2.02. The molecule has 0 aliphatic rings. The summed E-state index contributed by atoms with van der Waals surface area (Å²) < 4.78 is 13.0. The summed E-state index contributed by atoms with van der Waals surface area (Å²) >= 11 is 9.07. The van der Waals surface area contributed by atoms with Crippen LogP contribution in [-0.4, -0.2) is 20.3 Å². The molecule has 0 saturated heterocycles. The molecule has 0 spiro atoms. The molecule has 2 aromatic rings. The summed E-state index contributed by atoms with van der Waals surface area (Å²) in [5.74, 6) is -0.884. The third-order valence-corrected chi connectivity index (χ3v) is 4.63. The molecule has 0 radical (unpaired) electrons. The topological polar surface area (TPSA) is 67.3 Å². The molecule has 20 heavy (non-hydrogen) atoms. The third kappa shape index (κ3) is 3.65.